The first-order valence-corrected chi connectivity index (χ1v) is 9.37. The molecule has 0 aliphatic carbocycles. The van der Waals surface area contributed by atoms with E-state index in [1.165, 1.54) is 25.5 Å². The molecule has 1 saturated heterocycles. The van der Waals surface area contributed by atoms with E-state index in [1.54, 1.807) is 17.4 Å². The Bertz CT molecular complexity index is 909. The van der Waals surface area contributed by atoms with Crippen molar-refractivity contribution in [2.24, 2.45) is 0 Å². The number of likely N-dealkylation sites (tertiary alicyclic amines) is 1. The first-order valence-electron chi connectivity index (χ1n) is 8.55. The van der Waals surface area contributed by atoms with Crippen molar-refractivity contribution in [2.75, 3.05) is 13.1 Å². The van der Waals surface area contributed by atoms with Crippen molar-refractivity contribution in [2.45, 2.75) is 32.2 Å². The Balaban J connectivity index is 1.58. The molecule has 0 saturated carbocycles. The zero-order chi connectivity index (χ0) is 17.4. The predicted molar refractivity (Wildman–Crippen MR) is 96.7 cm³/mol. The minimum atomic E-state index is -0.659. The molecule has 2 aromatic heterocycles. The molecule has 4 rings (SSSR count). The van der Waals surface area contributed by atoms with Crippen molar-refractivity contribution >= 4 is 21.6 Å². The van der Waals surface area contributed by atoms with E-state index >= 15 is 0 Å². The molecule has 0 unspecified atom stereocenters. The molecule has 0 spiro atoms. The van der Waals surface area contributed by atoms with Crippen LogP contribution >= 0.6 is 11.3 Å². The summed E-state index contributed by atoms with van der Waals surface area (Å²) in [6, 6.07) is 7.35. The summed E-state index contributed by atoms with van der Waals surface area (Å²) in [6.45, 7) is 4.47. The van der Waals surface area contributed by atoms with Gasteiger partial charge in [0.1, 0.15) is 5.82 Å². The molecule has 1 atom stereocenters. The molecule has 0 N–H and O–H groups in total. The Labute approximate surface area is 149 Å². The van der Waals surface area contributed by atoms with Gasteiger partial charge >= 0.3 is 0 Å². The Hall–Kier alpha value is -1.92. The van der Waals surface area contributed by atoms with Gasteiger partial charge in [0.25, 0.3) is 0 Å². The van der Waals surface area contributed by atoms with Gasteiger partial charge in [-0.25, -0.2) is 14.4 Å². The molecule has 6 heteroatoms. The molecule has 3 nitrogen and oxygen atoms in total. The first-order chi connectivity index (χ1) is 12.1. The minimum absolute atomic E-state index is 0.183. The average Bonchev–Trinajstić information content (AvgIpc) is 3.20. The van der Waals surface area contributed by atoms with Crippen LogP contribution in [0.15, 0.2) is 30.5 Å². The zero-order valence-electron chi connectivity index (χ0n) is 14.0. The van der Waals surface area contributed by atoms with Crippen LogP contribution in [0.4, 0.5) is 8.78 Å². The maximum atomic E-state index is 13.9. The largest absolute Gasteiger partial charge is 0.300 e. The summed E-state index contributed by atoms with van der Waals surface area (Å²) in [4.78, 5) is 10.6. The van der Waals surface area contributed by atoms with Crippen LogP contribution in [0.2, 0.25) is 0 Å². The molecule has 3 aromatic rings. The van der Waals surface area contributed by atoms with Crippen LogP contribution in [0, 0.1) is 11.8 Å². The van der Waals surface area contributed by atoms with Crippen molar-refractivity contribution in [3.05, 3.63) is 47.2 Å². The number of fused-ring (bicyclic) bond motifs is 1. The van der Waals surface area contributed by atoms with Gasteiger partial charge in [0, 0.05) is 24.6 Å². The van der Waals surface area contributed by atoms with Crippen LogP contribution in [0.25, 0.3) is 21.3 Å². The van der Waals surface area contributed by atoms with E-state index < -0.39 is 11.8 Å². The average molecular weight is 359 g/mol. The van der Waals surface area contributed by atoms with Gasteiger partial charge in [-0.15, -0.1) is 11.3 Å². The van der Waals surface area contributed by atoms with E-state index in [-0.39, 0.29) is 5.56 Å². The summed E-state index contributed by atoms with van der Waals surface area (Å²) in [5.41, 5.74) is 1.71. The lowest BCUT2D eigenvalue weighted by Gasteiger charge is -2.19. The van der Waals surface area contributed by atoms with Crippen LogP contribution in [-0.4, -0.2) is 34.0 Å². The van der Waals surface area contributed by atoms with E-state index in [1.807, 2.05) is 12.1 Å². The molecule has 0 bridgehead atoms. The number of thiazole rings is 1. The van der Waals surface area contributed by atoms with Crippen molar-refractivity contribution in [3.8, 4) is 11.1 Å². The standard InChI is InChI=1S/C19H19F2N3S/c1-12-3-2-7-24(12)8-6-18-23-16-5-4-13(9-17(16)25-18)15-10-14(20)11-22-19(15)21/h4-5,9-12H,2-3,6-8H2,1H3/t12-/m1/s1. The number of aromatic nitrogens is 2. The van der Waals surface area contributed by atoms with Crippen molar-refractivity contribution in [1.82, 2.24) is 14.9 Å². The number of hydrogen-bond donors (Lipinski definition) is 0. The number of hydrogen-bond acceptors (Lipinski definition) is 4. The number of nitrogens with zero attached hydrogens (tertiary/aromatic N) is 3. The number of rotatable bonds is 4. The van der Waals surface area contributed by atoms with Crippen LogP contribution in [-0.2, 0) is 6.42 Å². The molecule has 130 valence electrons. The molecular weight excluding hydrogens is 340 g/mol. The molecule has 25 heavy (non-hydrogen) atoms. The highest BCUT2D eigenvalue weighted by atomic mass is 32.1. The Morgan fingerprint density at radius 1 is 1.28 bits per heavy atom. The summed E-state index contributed by atoms with van der Waals surface area (Å²) in [6.07, 6.45) is 4.37. The third kappa shape index (κ3) is 3.41. The topological polar surface area (TPSA) is 29.0 Å². The summed E-state index contributed by atoms with van der Waals surface area (Å²) >= 11 is 1.63. The second-order valence-electron chi connectivity index (χ2n) is 6.56. The van der Waals surface area contributed by atoms with Gasteiger partial charge in [0.2, 0.25) is 5.95 Å². The second-order valence-corrected chi connectivity index (χ2v) is 7.67. The summed E-state index contributed by atoms with van der Waals surface area (Å²) in [5.74, 6) is -1.20. The summed E-state index contributed by atoms with van der Waals surface area (Å²) < 4.78 is 28.3. The van der Waals surface area contributed by atoms with Crippen molar-refractivity contribution in [3.63, 3.8) is 0 Å². The van der Waals surface area contributed by atoms with Crippen molar-refractivity contribution < 1.29 is 8.78 Å². The molecule has 1 aliphatic rings. The van der Waals surface area contributed by atoms with Gasteiger partial charge in [-0.3, -0.25) is 0 Å². The van der Waals surface area contributed by atoms with E-state index in [0.29, 0.717) is 11.6 Å². The number of halogens is 2. The number of pyridine rings is 1. The lowest BCUT2D eigenvalue weighted by Crippen LogP contribution is -2.28. The van der Waals surface area contributed by atoms with Crippen LogP contribution < -0.4 is 0 Å². The Morgan fingerprint density at radius 3 is 2.96 bits per heavy atom. The highest BCUT2D eigenvalue weighted by Crippen LogP contribution is 2.30. The maximum absolute atomic E-state index is 13.9. The third-order valence-corrected chi connectivity index (χ3v) is 5.93. The fourth-order valence-electron chi connectivity index (χ4n) is 3.44. The van der Waals surface area contributed by atoms with E-state index in [0.717, 1.165) is 34.4 Å². The normalized spacial score (nSPS) is 18.3. The number of benzene rings is 1. The van der Waals surface area contributed by atoms with Crippen LogP contribution in [0.5, 0.6) is 0 Å². The van der Waals surface area contributed by atoms with Crippen LogP contribution in [0.3, 0.4) is 0 Å². The highest BCUT2D eigenvalue weighted by Gasteiger charge is 2.20. The second kappa shape index (κ2) is 6.77. The van der Waals surface area contributed by atoms with Gasteiger partial charge in [-0.05, 0) is 50.1 Å². The summed E-state index contributed by atoms with van der Waals surface area (Å²) in [7, 11) is 0. The van der Waals surface area contributed by atoms with Gasteiger partial charge in [-0.1, -0.05) is 6.07 Å². The van der Waals surface area contributed by atoms with E-state index in [2.05, 4.69) is 21.8 Å². The van der Waals surface area contributed by atoms with E-state index in [9.17, 15) is 8.78 Å². The lowest BCUT2D eigenvalue weighted by molar-refractivity contribution is 0.272. The molecule has 1 aliphatic heterocycles. The molecule has 0 amide bonds. The van der Waals surface area contributed by atoms with Crippen molar-refractivity contribution in [1.29, 1.82) is 0 Å². The monoisotopic (exact) mass is 359 g/mol. The Kier molecular flexibility index (Phi) is 4.48. The SMILES string of the molecule is C[C@@H]1CCCN1CCc1nc2ccc(-c3cc(F)cnc3F)cc2s1. The van der Waals surface area contributed by atoms with E-state index in [4.69, 9.17) is 0 Å². The van der Waals surface area contributed by atoms with Gasteiger partial charge in [0.05, 0.1) is 21.4 Å². The molecule has 1 fully saturated rings. The zero-order valence-corrected chi connectivity index (χ0v) is 14.8. The predicted octanol–water partition coefficient (Wildman–Crippen LogP) is 4.66. The molecule has 3 heterocycles. The summed E-state index contributed by atoms with van der Waals surface area (Å²) in [5, 5.41) is 1.09. The molecular formula is C19H19F2N3S. The maximum Gasteiger partial charge on any atom is 0.220 e. The molecule has 1 aromatic carbocycles. The minimum Gasteiger partial charge on any atom is -0.300 e. The van der Waals surface area contributed by atoms with Crippen LogP contribution in [0.1, 0.15) is 24.8 Å². The molecule has 0 radical (unpaired) electrons. The van der Waals surface area contributed by atoms with Gasteiger partial charge in [0.15, 0.2) is 0 Å². The van der Waals surface area contributed by atoms with Gasteiger partial charge in [-0.2, -0.15) is 4.39 Å². The first kappa shape index (κ1) is 16.5. The fraction of sp³-hybridized carbons (Fsp3) is 0.368. The van der Waals surface area contributed by atoms with Gasteiger partial charge < -0.3 is 4.90 Å². The Morgan fingerprint density at radius 2 is 2.16 bits per heavy atom. The fourth-order valence-corrected chi connectivity index (χ4v) is 4.43. The third-order valence-electron chi connectivity index (χ3n) is 4.85. The quantitative estimate of drug-likeness (QED) is 0.634. The highest BCUT2D eigenvalue weighted by molar-refractivity contribution is 7.18. The lowest BCUT2D eigenvalue weighted by atomic mass is 10.1. The smallest absolute Gasteiger partial charge is 0.220 e.